The second-order valence-electron chi connectivity index (χ2n) is 5.19. The van der Waals surface area contributed by atoms with Gasteiger partial charge in [0.2, 0.25) is 0 Å². The molecule has 1 saturated heterocycles. The summed E-state index contributed by atoms with van der Waals surface area (Å²) in [5, 5.41) is 18.4. The molecule has 2 aromatic rings. The molecule has 1 aromatic heterocycles. The summed E-state index contributed by atoms with van der Waals surface area (Å²) in [7, 11) is 0. The highest BCUT2D eigenvalue weighted by molar-refractivity contribution is 5.92. The third-order valence-electron chi connectivity index (χ3n) is 3.94. The normalized spacial score (nSPS) is 22.6. The van der Waals surface area contributed by atoms with Crippen molar-refractivity contribution in [2.75, 3.05) is 18.1 Å². The number of fused-ring (bicyclic) bond motifs is 1. The number of carboxylic acid groups (broad SMARTS) is 1. The zero-order valence-electron chi connectivity index (χ0n) is 11.1. The molecule has 106 valence electrons. The summed E-state index contributed by atoms with van der Waals surface area (Å²) in [6.45, 7) is 2.93. The lowest BCUT2D eigenvalue weighted by molar-refractivity contribution is 0.0697. The van der Waals surface area contributed by atoms with E-state index in [1.54, 1.807) is 6.07 Å². The zero-order valence-corrected chi connectivity index (χ0v) is 11.1. The number of anilines is 1. The Bertz CT molecular complexity index is 652. The van der Waals surface area contributed by atoms with Gasteiger partial charge in [0.25, 0.3) is 6.01 Å². The molecule has 1 aromatic carbocycles. The van der Waals surface area contributed by atoms with Gasteiger partial charge in [-0.25, -0.2) is 4.79 Å². The maximum absolute atomic E-state index is 10.9. The van der Waals surface area contributed by atoms with Crippen LogP contribution in [0, 0.1) is 5.92 Å². The van der Waals surface area contributed by atoms with E-state index in [0.717, 1.165) is 13.0 Å². The Morgan fingerprint density at radius 1 is 1.55 bits per heavy atom. The van der Waals surface area contributed by atoms with Crippen LogP contribution >= 0.6 is 0 Å². The molecule has 1 fully saturated rings. The van der Waals surface area contributed by atoms with Gasteiger partial charge in [-0.1, -0.05) is 6.92 Å². The molecule has 1 aliphatic heterocycles. The molecule has 20 heavy (non-hydrogen) atoms. The van der Waals surface area contributed by atoms with Gasteiger partial charge in [-0.05, 0) is 30.5 Å². The van der Waals surface area contributed by atoms with Crippen molar-refractivity contribution in [1.82, 2.24) is 4.98 Å². The summed E-state index contributed by atoms with van der Waals surface area (Å²) < 4.78 is 5.66. The average Bonchev–Trinajstić information content (AvgIpc) is 3.00. The highest BCUT2D eigenvalue weighted by Crippen LogP contribution is 2.31. The van der Waals surface area contributed by atoms with Crippen LogP contribution in [0.1, 0.15) is 23.7 Å². The molecule has 3 rings (SSSR count). The van der Waals surface area contributed by atoms with Crippen molar-refractivity contribution in [2.24, 2.45) is 5.92 Å². The maximum atomic E-state index is 10.9. The van der Waals surface area contributed by atoms with E-state index in [0.29, 0.717) is 23.0 Å². The molecular weight excluding hydrogens is 260 g/mol. The van der Waals surface area contributed by atoms with Crippen LogP contribution in [0.2, 0.25) is 0 Å². The number of benzene rings is 1. The van der Waals surface area contributed by atoms with Crippen molar-refractivity contribution in [2.45, 2.75) is 19.4 Å². The smallest absolute Gasteiger partial charge is 0.335 e. The molecule has 2 heterocycles. The van der Waals surface area contributed by atoms with Gasteiger partial charge in [-0.3, -0.25) is 0 Å². The minimum absolute atomic E-state index is 0.00186. The van der Waals surface area contributed by atoms with E-state index in [1.807, 2.05) is 4.90 Å². The van der Waals surface area contributed by atoms with E-state index < -0.39 is 5.97 Å². The van der Waals surface area contributed by atoms with Gasteiger partial charge in [-0.15, -0.1) is 0 Å². The minimum Gasteiger partial charge on any atom is -0.478 e. The summed E-state index contributed by atoms with van der Waals surface area (Å²) in [6, 6.07) is 5.07. The Hall–Kier alpha value is -2.08. The van der Waals surface area contributed by atoms with E-state index in [4.69, 9.17) is 9.52 Å². The molecule has 1 aliphatic rings. The first-order chi connectivity index (χ1) is 9.60. The predicted molar refractivity (Wildman–Crippen MR) is 73.0 cm³/mol. The van der Waals surface area contributed by atoms with Crippen molar-refractivity contribution in [3.8, 4) is 0 Å². The first kappa shape index (κ1) is 12.9. The standard InChI is InChI=1S/C14H16N2O4/c1-8-4-5-16(11(8)7-17)14-15-10-3-2-9(13(18)19)6-12(10)20-14/h2-3,6,8,11,17H,4-5,7H2,1H3,(H,18,19). The molecule has 6 nitrogen and oxygen atoms in total. The number of aliphatic hydroxyl groups excluding tert-OH is 1. The maximum Gasteiger partial charge on any atom is 0.335 e. The summed E-state index contributed by atoms with van der Waals surface area (Å²) in [4.78, 5) is 17.3. The van der Waals surface area contributed by atoms with Crippen molar-refractivity contribution < 1.29 is 19.4 Å². The van der Waals surface area contributed by atoms with E-state index >= 15 is 0 Å². The monoisotopic (exact) mass is 276 g/mol. The van der Waals surface area contributed by atoms with Crippen LogP contribution in [0.3, 0.4) is 0 Å². The number of hydrogen-bond acceptors (Lipinski definition) is 5. The fourth-order valence-corrected chi connectivity index (χ4v) is 2.69. The molecule has 0 bridgehead atoms. The number of nitrogens with zero attached hydrogens (tertiary/aromatic N) is 2. The number of aliphatic hydroxyl groups is 1. The van der Waals surface area contributed by atoms with E-state index in [1.165, 1.54) is 12.1 Å². The topological polar surface area (TPSA) is 86.8 Å². The summed E-state index contributed by atoms with van der Waals surface area (Å²) in [6.07, 6.45) is 0.977. The van der Waals surface area contributed by atoms with Gasteiger partial charge < -0.3 is 19.5 Å². The summed E-state index contributed by atoms with van der Waals surface area (Å²) >= 11 is 0. The predicted octanol–water partition coefficient (Wildman–Crippen LogP) is 1.73. The van der Waals surface area contributed by atoms with Crippen LogP contribution in [0.25, 0.3) is 11.1 Å². The first-order valence-corrected chi connectivity index (χ1v) is 6.61. The third-order valence-corrected chi connectivity index (χ3v) is 3.94. The number of aromatic nitrogens is 1. The fourth-order valence-electron chi connectivity index (χ4n) is 2.69. The molecule has 0 aliphatic carbocycles. The third kappa shape index (κ3) is 2.02. The van der Waals surface area contributed by atoms with Crippen LogP contribution in [0.15, 0.2) is 22.6 Å². The lowest BCUT2D eigenvalue weighted by Crippen LogP contribution is -2.35. The number of hydrogen-bond donors (Lipinski definition) is 2. The molecule has 2 atom stereocenters. The van der Waals surface area contributed by atoms with Gasteiger partial charge in [0.05, 0.1) is 18.2 Å². The quantitative estimate of drug-likeness (QED) is 0.887. The lowest BCUT2D eigenvalue weighted by Gasteiger charge is -2.22. The Morgan fingerprint density at radius 2 is 2.35 bits per heavy atom. The number of carbonyl (C=O) groups is 1. The first-order valence-electron chi connectivity index (χ1n) is 6.61. The van der Waals surface area contributed by atoms with Crippen LogP contribution < -0.4 is 4.90 Å². The lowest BCUT2D eigenvalue weighted by atomic mass is 10.0. The van der Waals surface area contributed by atoms with E-state index in [2.05, 4.69) is 11.9 Å². The number of aromatic carboxylic acids is 1. The molecule has 0 spiro atoms. The second kappa shape index (κ2) is 4.79. The van der Waals surface area contributed by atoms with Crippen LogP contribution in [0.4, 0.5) is 6.01 Å². The van der Waals surface area contributed by atoms with Gasteiger partial charge >= 0.3 is 5.97 Å². The molecular formula is C14H16N2O4. The fraction of sp³-hybridized carbons (Fsp3) is 0.429. The second-order valence-corrected chi connectivity index (χ2v) is 5.19. The Morgan fingerprint density at radius 3 is 3.05 bits per heavy atom. The molecule has 0 amide bonds. The Labute approximate surface area is 115 Å². The number of oxazole rings is 1. The van der Waals surface area contributed by atoms with Crippen molar-refractivity contribution in [1.29, 1.82) is 0 Å². The SMILES string of the molecule is CC1CCN(c2nc3ccc(C(=O)O)cc3o2)C1CO. The molecule has 0 saturated carbocycles. The highest BCUT2D eigenvalue weighted by Gasteiger charge is 2.33. The highest BCUT2D eigenvalue weighted by atomic mass is 16.4. The molecule has 0 radical (unpaired) electrons. The number of carboxylic acids is 1. The van der Waals surface area contributed by atoms with Crippen molar-refractivity contribution in [3.05, 3.63) is 23.8 Å². The van der Waals surface area contributed by atoms with Gasteiger partial charge in [0, 0.05) is 6.54 Å². The molecule has 2 unspecified atom stereocenters. The Kier molecular flexibility index (Phi) is 3.10. The van der Waals surface area contributed by atoms with E-state index in [-0.39, 0.29) is 18.2 Å². The van der Waals surface area contributed by atoms with Crippen LogP contribution in [-0.2, 0) is 0 Å². The van der Waals surface area contributed by atoms with Crippen LogP contribution in [-0.4, -0.2) is 40.4 Å². The largest absolute Gasteiger partial charge is 0.478 e. The zero-order chi connectivity index (χ0) is 14.3. The molecule has 2 N–H and O–H groups in total. The van der Waals surface area contributed by atoms with Gasteiger partial charge in [0.15, 0.2) is 5.58 Å². The Balaban J connectivity index is 1.98. The summed E-state index contributed by atoms with van der Waals surface area (Å²) in [5.41, 5.74) is 1.26. The minimum atomic E-state index is -0.993. The number of rotatable bonds is 3. The van der Waals surface area contributed by atoms with E-state index in [9.17, 15) is 9.90 Å². The summed E-state index contributed by atoms with van der Waals surface area (Å²) in [5.74, 6) is -0.613. The van der Waals surface area contributed by atoms with Crippen molar-refractivity contribution >= 4 is 23.1 Å². The van der Waals surface area contributed by atoms with Gasteiger partial charge in [0.1, 0.15) is 5.52 Å². The average molecular weight is 276 g/mol. The molecule has 6 heteroatoms. The van der Waals surface area contributed by atoms with Crippen molar-refractivity contribution in [3.63, 3.8) is 0 Å². The van der Waals surface area contributed by atoms with Crippen LogP contribution in [0.5, 0.6) is 0 Å². The van der Waals surface area contributed by atoms with Gasteiger partial charge in [-0.2, -0.15) is 4.98 Å².